The molecule has 0 aliphatic rings. The maximum absolute atomic E-state index is 13.4. The maximum atomic E-state index is 13.4. The summed E-state index contributed by atoms with van der Waals surface area (Å²) in [6, 6.07) is 3.42. The number of amides is 1. The molecule has 1 heterocycles. The van der Waals surface area contributed by atoms with Gasteiger partial charge in [0.2, 0.25) is 0 Å². The minimum Gasteiger partial charge on any atom is -0.384 e. The van der Waals surface area contributed by atoms with Crippen molar-refractivity contribution in [3.63, 3.8) is 0 Å². The summed E-state index contributed by atoms with van der Waals surface area (Å²) in [6.45, 7) is 0. The number of halogens is 2. The molecule has 0 saturated heterocycles. The molecule has 1 aromatic heterocycles. The van der Waals surface area contributed by atoms with Gasteiger partial charge in [-0.15, -0.1) is 0 Å². The Morgan fingerprint density at radius 1 is 1.33 bits per heavy atom. The third-order valence-electron chi connectivity index (χ3n) is 2.52. The lowest BCUT2D eigenvalue weighted by Crippen LogP contribution is -2.16. The van der Waals surface area contributed by atoms with Crippen LogP contribution >= 0.6 is 0 Å². The van der Waals surface area contributed by atoms with E-state index in [0.717, 1.165) is 30.5 Å². The highest BCUT2D eigenvalue weighted by molar-refractivity contribution is 6.07. The Balaban J connectivity index is 2.39. The molecule has 0 aliphatic carbocycles. The third-order valence-corrected chi connectivity index (χ3v) is 2.52. The number of carbonyl (C=O) groups excluding carboxylic acids is 1. The monoisotopic (exact) mass is 294 g/mol. The first-order valence-electron chi connectivity index (χ1n) is 5.55. The van der Waals surface area contributed by atoms with Crippen molar-refractivity contribution in [3.8, 4) is 0 Å². The molecule has 9 heteroatoms. The Bertz CT molecular complexity index is 736. The van der Waals surface area contributed by atoms with Crippen LogP contribution < -0.4 is 11.1 Å². The minimum absolute atomic E-state index is 0.120. The van der Waals surface area contributed by atoms with E-state index in [1.54, 1.807) is 0 Å². The summed E-state index contributed by atoms with van der Waals surface area (Å²) in [4.78, 5) is 25.5. The molecule has 0 radical (unpaired) electrons. The van der Waals surface area contributed by atoms with Crippen LogP contribution in [0.5, 0.6) is 0 Å². The zero-order valence-electron chi connectivity index (χ0n) is 10.3. The van der Waals surface area contributed by atoms with E-state index in [4.69, 9.17) is 5.73 Å². The summed E-state index contributed by atoms with van der Waals surface area (Å²) >= 11 is 0. The smallest absolute Gasteiger partial charge is 0.300 e. The van der Waals surface area contributed by atoms with Gasteiger partial charge < -0.3 is 11.1 Å². The summed E-state index contributed by atoms with van der Waals surface area (Å²) in [6.07, 6.45) is 0.812. The van der Waals surface area contributed by atoms with Gasteiger partial charge in [0.1, 0.15) is 29.2 Å². The molecule has 3 N–H and O–H groups in total. The second kappa shape index (κ2) is 5.49. The van der Waals surface area contributed by atoms with Crippen LogP contribution in [0.3, 0.4) is 0 Å². The van der Waals surface area contributed by atoms with Gasteiger partial charge in [-0.1, -0.05) is 0 Å². The molecule has 1 aromatic carbocycles. The largest absolute Gasteiger partial charge is 0.384 e. The molecule has 21 heavy (non-hydrogen) atoms. The number of nitrogens with two attached hydrogens (primary N) is 1. The lowest BCUT2D eigenvalue weighted by atomic mass is 10.2. The quantitative estimate of drug-likeness (QED) is 0.665. The maximum Gasteiger partial charge on any atom is 0.300 e. The normalized spacial score (nSPS) is 10.2. The number of anilines is 2. The minimum atomic E-state index is -1.000. The Morgan fingerprint density at radius 2 is 2.05 bits per heavy atom. The molecule has 0 saturated carbocycles. The van der Waals surface area contributed by atoms with Crippen molar-refractivity contribution < 1.29 is 18.5 Å². The van der Waals surface area contributed by atoms with Crippen LogP contribution in [0.25, 0.3) is 0 Å². The van der Waals surface area contributed by atoms with Gasteiger partial charge in [0.05, 0.1) is 10.6 Å². The molecule has 0 atom stereocenters. The fraction of sp³-hybridized carbons (Fsp3) is 0. The number of pyridine rings is 1. The summed E-state index contributed by atoms with van der Waals surface area (Å²) < 4.78 is 26.4. The van der Waals surface area contributed by atoms with Crippen molar-refractivity contribution in [2.45, 2.75) is 0 Å². The first-order valence-corrected chi connectivity index (χ1v) is 5.55. The van der Waals surface area contributed by atoms with Crippen molar-refractivity contribution in [1.29, 1.82) is 0 Å². The van der Waals surface area contributed by atoms with E-state index in [1.165, 1.54) is 0 Å². The van der Waals surface area contributed by atoms with E-state index in [9.17, 15) is 23.7 Å². The zero-order chi connectivity index (χ0) is 15.6. The first-order chi connectivity index (χ1) is 9.88. The lowest BCUT2D eigenvalue weighted by Gasteiger charge is -2.07. The van der Waals surface area contributed by atoms with E-state index in [1.807, 2.05) is 5.32 Å². The van der Waals surface area contributed by atoms with Crippen LogP contribution in [0.1, 0.15) is 10.4 Å². The molecule has 7 nitrogen and oxygen atoms in total. The molecule has 0 unspecified atom stereocenters. The predicted octanol–water partition coefficient (Wildman–Crippen LogP) is 2.10. The SMILES string of the molecule is Nc1cc(C(=O)Nc2cc(F)ccc2F)c([N+](=O)[O-])cn1. The van der Waals surface area contributed by atoms with Crippen LogP contribution in [-0.2, 0) is 0 Å². The highest BCUT2D eigenvalue weighted by Gasteiger charge is 2.22. The van der Waals surface area contributed by atoms with Crippen molar-refractivity contribution in [2.75, 3.05) is 11.1 Å². The number of nitrogen functional groups attached to an aromatic ring is 1. The predicted molar refractivity (Wildman–Crippen MR) is 69.6 cm³/mol. The van der Waals surface area contributed by atoms with Crippen molar-refractivity contribution in [3.05, 3.63) is 57.8 Å². The van der Waals surface area contributed by atoms with E-state index >= 15 is 0 Å². The van der Waals surface area contributed by atoms with Gasteiger partial charge in [0.15, 0.2) is 0 Å². The molecule has 2 aromatic rings. The molecule has 0 aliphatic heterocycles. The number of nitrogens with one attached hydrogen (secondary N) is 1. The van der Waals surface area contributed by atoms with Crippen molar-refractivity contribution >= 4 is 23.1 Å². The molecular weight excluding hydrogens is 286 g/mol. The summed E-state index contributed by atoms with van der Waals surface area (Å²) in [7, 11) is 0. The molecule has 108 valence electrons. The molecule has 0 spiro atoms. The van der Waals surface area contributed by atoms with E-state index in [-0.39, 0.29) is 5.82 Å². The fourth-order valence-electron chi connectivity index (χ4n) is 1.57. The Hall–Kier alpha value is -3.10. The highest BCUT2D eigenvalue weighted by atomic mass is 19.1. The molecular formula is C12H8F2N4O3. The van der Waals surface area contributed by atoms with Gasteiger partial charge in [-0.05, 0) is 18.2 Å². The summed E-state index contributed by atoms with van der Waals surface area (Å²) in [5.41, 5.74) is 3.92. The fourth-order valence-corrected chi connectivity index (χ4v) is 1.57. The summed E-state index contributed by atoms with van der Waals surface area (Å²) in [5.74, 6) is -2.77. The first kappa shape index (κ1) is 14.3. The van der Waals surface area contributed by atoms with Gasteiger partial charge in [-0.25, -0.2) is 13.8 Å². The number of benzene rings is 1. The standard InChI is InChI=1S/C12H8F2N4O3/c13-6-1-2-8(14)9(3-6)17-12(19)7-4-11(15)16-5-10(7)18(20)21/h1-5H,(H2,15,16)(H,17,19). The summed E-state index contributed by atoms with van der Waals surface area (Å²) in [5, 5.41) is 12.9. The van der Waals surface area contributed by atoms with Crippen LogP contribution in [0.4, 0.5) is 26.0 Å². The lowest BCUT2D eigenvalue weighted by molar-refractivity contribution is -0.385. The number of hydrogen-bond donors (Lipinski definition) is 2. The Morgan fingerprint density at radius 3 is 2.71 bits per heavy atom. The molecule has 0 bridgehead atoms. The number of aromatic nitrogens is 1. The van der Waals surface area contributed by atoms with Crippen molar-refractivity contribution in [2.24, 2.45) is 0 Å². The Kier molecular flexibility index (Phi) is 3.74. The number of nitro groups is 1. The Labute approximate surface area is 116 Å². The van der Waals surface area contributed by atoms with E-state index in [0.29, 0.717) is 0 Å². The van der Waals surface area contributed by atoms with Crippen LogP contribution in [0.2, 0.25) is 0 Å². The topological polar surface area (TPSA) is 111 Å². The molecule has 1 amide bonds. The van der Waals surface area contributed by atoms with Gasteiger partial charge in [0.25, 0.3) is 11.6 Å². The van der Waals surface area contributed by atoms with Gasteiger partial charge in [0, 0.05) is 6.07 Å². The highest BCUT2D eigenvalue weighted by Crippen LogP contribution is 2.22. The number of carbonyl (C=O) groups is 1. The second-order valence-electron chi connectivity index (χ2n) is 3.96. The number of hydrogen-bond acceptors (Lipinski definition) is 5. The number of nitrogens with zero attached hydrogens (tertiary/aromatic N) is 2. The average Bonchev–Trinajstić information content (AvgIpc) is 2.42. The van der Waals surface area contributed by atoms with Gasteiger partial charge >= 0.3 is 0 Å². The molecule has 0 fully saturated rings. The van der Waals surface area contributed by atoms with Crippen LogP contribution in [-0.4, -0.2) is 15.8 Å². The zero-order valence-corrected chi connectivity index (χ0v) is 10.3. The third kappa shape index (κ3) is 3.08. The van der Waals surface area contributed by atoms with E-state index in [2.05, 4.69) is 4.98 Å². The number of rotatable bonds is 3. The average molecular weight is 294 g/mol. The van der Waals surface area contributed by atoms with Gasteiger partial charge in [-0.3, -0.25) is 14.9 Å². The van der Waals surface area contributed by atoms with Crippen molar-refractivity contribution in [1.82, 2.24) is 4.98 Å². The van der Waals surface area contributed by atoms with Crippen LogP contribution in [0, 0.1) is 21.7 Å². The molecule has 2 rings (SSSR count). The second-order valence-corrected chi connectivity index (χ2v) is 3.96. The van der Waals surface area contributed by atoms with Gasteiger partial charge in [-0.2, -0.15) is 0 Å². The van der Waals surface area contributed by atoms with E-state index < -0.39 is 39.4 Å². The van der Waals surface area contributed by atoms with Crippen LogP contribution in [0.15, 0.2) is 30.5 Å².